The monoisotopic (exact) mass is 445 g/mol. The smallest absolute Gasteiger partial charge is 0.228 e. The van der Waals surface area contributed by atoms with Crippen LogP contribution in [0.2, 0.25) is 0 Å². The molecule has 0 saturated carbocycles. The fourth-order valence-electron chi connectivity index (χ4n) is 4.53. The fraction of sp³-hybridized carbons (Fsp3) is 0.407. The van der Waals surface area contributed by atoms with Crippen LogP contribution in [0, 0.1) is 11.8 Å². The Morgan fingerprint density at radius 3 is 2.91 bits per heavy atom. The molecule has 2 aliphatic rings. The van der Waals surface area contributed by atoms with Crippen molar-refractivity contribution >= 4 is 17.5 Å². The Balaban J connectivity index is 1.55. The SMILES string of the molecule is CCC#Cc1cccc([C@@H](CN2CC[C@@H](O)C2)N(C)C(=O)Cc2ccc3c(c2)NC(=O)C3)c1. The largest absolute Gasteiger partial charge is 0.392 e. The summed E-state index contributed by atoms with van der Waals surface area (Å²) in [5.41, 5.74) is 4.64. The van der Waals surface area contributed by atoms with E-state index in [9.17, 15) is 14.7 Å². The van der Waals surface area contributed by atoms with Gasteiger partial charge in [0.15, 0.2) is 0 Å². The number of likely N-dealkylation sites (N-methyl/N-ethyl adjacent to an activating group) is 1. The van der Waals surface area contributed by atoms with Gasteiger partial charge in [-0.2, -0.15) is 0 Å². The van der Waals surface area contributed by atoms with E-state index in [0.29, 0.717) is 19.5 Å². The zero-order chi connectivity index (χ0) is 23.4. The highest BCUT2D eigenvalue weighted by atomic mass is 16.3. The molecule has 1 fully saturated rings. The second kappa shape index (κ2) is 10.2. The number of likely N-dealkylation sites (tertiary alicyclic amines) is 1. The topological polar surface area (TPSA) is 72.9 Å². The minimum absolute atomic E-state index is 0.00839. The number of carbonyl (C=O) groups is 2. The third-order valence-corrected chi connectivity index (χ3v) is 6.38. The van der Waals surface area contributed by atoms with Crippen LogP contribution in [-0.2, 0) is 22.4 Å². The number of β-amino-alcohol motifs (C(OH)–C–C–N with tert-alkyl or cyclic N) is 1. The van der Waals surface area contributed by atoms with Crippen molar-refractivity contribution < 1.29 is 14.7 Å². The maximum Gasteiger partial charge on any atom is 0.228 e. The van der Waals surface area contributed by atoms with Crippen LogP contribution < -0.4 is 5.32 Å². The Hall–Kier alpha value is -3.14. The van der Waals surface area contributed by atoms with E-state index in [4.69, 9.17) is 0 Å². The van der Waals surface area contributed by atoms with Crippen molar-refractivity contribution in [2.75, 3.05) is 32.0 Å². The third-order valence-electron chi connectivity index (χ3n) is 6.38. The van der Waals surface area contributed by atoms with Crippen LogP contribution in [0.25, 0.3) is 0 Å². The summed E-state index contributed by atoms with van der Waals surface area (Å²) in [5, 5.41) is 12.8. The van der Waals surface area contributed by atoms with Crippen LogP contribution in [0.1, 0.15) is 48.1 Å². The minimum Gasteiger partial charge on any atom is -0.392 e. The Kier molecular flexibility index (Phi) is 7.12. The van der Waals surface area contributed by atoms with Gasteiger partial charge in [-0.05, 0) is 41.3 Å². The maximum absolute atomic E-state index is 13.3. The highest BCUT2D eigenvalue weighted by molar-refractivity contribution is 5.99. The van der Waals surface area contributed by atoms with Gasteiger partial charge in [-0.25, -0.2) is 0 Å². The lowest BCUT2D eigenvalue weighted by Crippen LogP contribution is -2.39. The summed E-state index contributed by atoms with van der Waals surface area (Å²) in [6.07, 6.45) is 1.89. The van der Waals surface area contributed by atoms with Crippen LogP contribution in [0.5, 0.6) is 0 Å². The molecule has 2 heterocycles. The van der Waals surface area contributed by atoms with Gasteiger partial charge in [0.1, 0.15) is 0 Å². The van der Waals surface area contributed by atoms with Crippen LogP contribution in [0.4, 0.5) is 5.69 Å². The number of nitrogens with one attached hydrogen (secondary N) is 1. The van der Waals surface area contributed by atoms with Crippen molar-refractivity contribution in [1.82, 2.24) is 9.80 Å². The lowest BCUT2D eigenvalue weighted by Gasteiger charge is -2.32. The van der Waals surface area contributed by atoms with E-state index in [1.165, 1.54) is 0 Å². The first kappa shape index (κ1) is 23.0. The van der Waals surface area contributed by atoms with Crippen molar-refractivity contribution in [3.05, 3.63) is 64.7 Å². The Labute approximate surface area is 195 Å². The quantitative estimate of drug-likeness (QED) is 0.671. The number of benzene rings is 2. The number of carbonyl (C=O) groups excluding carboxylic acids is 2. The molecule has 0 aliphatic carbocycles. The summed E-state index contributed by atoms with van der Waals surface area (Å²) < 4.78 is 0. The highest BCUT2D eigenvalue weighted by Gasteiger charge is 2.28. The summed E-state index contributed by atoms with van der Waals surface area (Å²) in [5.74, 6) is 6.30. The Morgan fingerprint density at radius 2 is 2.15 bits per heavy atom. The third kappa shape index (κ3) is 5.62. The van der Waals surface area contributed by atoms with E-state index in [0.717, 1.165) is 47.3 Å². The molecule has 2 aromatic rings. The molecule has 6 nitrogen and oxygen atoms in total. The molecule has 1 saturated heterocycles. The van der Waals surface area contributed by atoms with Crippen molar-refractivity contribution in [3.63, 3.8) is 0 Å². The van der Waals surface area contributed by atoms with E-state index in [1.807, 2.05) is 55.3 Å². The van der Waals surface area contributed by atoms with E-state index in [1.54, 1.807) is 0 Å². The van der Waals surface area contributed by atoms with Gasteiger partial charge in [0, 0.05) is 44.4 Å². The lowest BCUT2D eigenvalue weighted by atomic mass is 10.0. The van der Waals surface area contributed by atoms with E-state index >= 15 is 0 Å². The Morgan fingerprint density at radius 1 is 1.30 bits per heavy atom. The van der Waals surface area contributed by atoms with Crippen LogP contribution in [0.15, 0.2) is 42.5 Å². The van der Waals surface area contributed by atoms with Crippen LogP contribution in [-0.4, -0.2) is 59.5 Å². The molecule has 2 amide bonds. The second-order valence-corrected chi connectivity index (χ2v) is 8.90. The number of aliphatic hydroxyl groups excluding tert-OH is 1. The van der Waals surface area contributed by atoms with Crippen molar-refractivity contribution in [2.45, 2.75) is 44.8 Å². The number of anilines is 1. The number of hydrogen-bond acceptors (Lipinski definition) is 4. The molecule has 4 rings (SSSR count). The van der Waals surface area contributed by atoms with Gasteiger partial charge < -0.3 is 15.3 Å². The minimum atomic E-state index is -0.310. The molecule has 0 radical (unpaired) electrons. The molecular formula is C27H31N3O3. The van der Waals surface area contributed by atoms with Gasteiger partial charge in [-0.15, -0.1) is 0 Å². The van der Waals surface area contributed by atoms with Gasteiger partial charge >= 0.3 is 0 Å². The standard InChI is InChI=1S/C27H31N3O3/c1-3-4-6-19-7-5-8-22(13-19)25(18-30-12-11-23(31)17-30)29(2)27(33)15-20-9-10-21-16-26(32)28-24(21)14-20/h5,7-10,13-14,23,25,31H,3,11-12,15-18H2,1-2H3,(H,28,32)/t23-,25-/m1/s1. The number of aliphatic hydroxyl groups is 1. The predicted octanol–water partition coefficient (Wildman–Crippen LogP) is 2.75. The molecule has 33 heavy (non-hydrogen) atoms. The molecule has 0 bridgehead atoms. The van der Waals surface area contributed by atoms with Gasteiger partial charge in [-0.3, -0.25) is 14.5 Å². The number of fused-ring (bicyclic) bond motifs is 1. The molecule has 2 N–H and O–H groups in total. The summed E-state index contributed by atoms with van der Waals surface area (Å²) >= 11 is 0. The average molecular weight is 446 g/mol. The molecular weight excluding hydrogens is 414 g/mol. The predicted molar refractivity (Wildman–Crippen MR) is 129 cm³/mol. The first-order chi connectivity index (χ1) is 15.9. The maximum atomic E-state index is 13.3. The first-order valence-corrected chi connectivity index (χ1v) is 11.6. The van der Waals surface area contributed by atoms with Crippen LogP contribution in [0.3, 0.4) is 0 Å². The zero-order valence-electron chi connectivity index (χ0n) is 19.3. The van der Waals surface area contributed by atoms with Crippen molar-refractivity contribution in [3.8, 4) is 11.8 Å². The van der Waals surface area contributed by atoms with Crippen LogP contribution >= 0.6 is 0 Å². The molecule has 172 valence electrons. The van der Waals surface area contributed by atoms with Crippen molar-refractivity contribution in [2.24, 2.45) is 0 Å². The normalized spacial score (nSPS) is 18.3. The zero-order valence-corrected chi connectivity index (χ0v) is 19.3. The number of amides is 2. The number of nitrogens with zero attached hydrogens (tertiary/aromatic N) is 2. The summed E-state index contributed by atoms with van der Waals surface area (Å²) in [6, 6.07) is 13.7. The van der Waals surface area contributed by atoms with Gasteiger partial charge in [0.2, 0.25) is 11.8 Å². The highest BCUT2D eigenvalue weighted by Crippen LogP contribution is 2.27. The van der Waals surface area contributed by atoms with E-state index < -0.39 is 0 Å². The number of hydrogen-bond donors (Lipinski definition) is 2. The fourth-order valence-corrected chi connectivity index (χ4v) is 4.53. The molecule has 2 atom stereocenters. The second-order valence-electron chi connectivity index (χ2n) is 8.90. The number of rotatable bonds is 6. The van der Waals surface area contributed by atoms with E-state index in [2.05, 4.69) is 28.1 Å². The first-order valence-electron chi connectivity index (χ1n) is 11.6. The molecule has 0 unspecified atom stereocenters. The molecule has 2 aromatic carbocycles. The lowest BCUT2D eigenvalue weighted by molar-refractivity contribution is -0.131. The van der Waals surface area contributed by atoms with Gasteiger partial charge in [0.25, 0.3) is 0 Å². The average Bonchev–Trinajstić information content (AvgIpc) is 3.39. The Bertz CT molecular complexity index is 1100. The molecule has 2 aliphatic heterocycles. The molecule has 6 heteroatoms. The molecule has 0 spiro atoms. The van der Waals surface area contributed by atoms with E-state index in [-0.39, 0.29) is 30.4 Å². The summed E-state index contributed by atoms with van der Waals surface area (Å²) in [4.78, 5) is 29.0. The van der Waals surface area contributed by atoms with Crippen molar-refractivity contribution in [1.29, 1.82) is 0 Å². The molecule has 0 aromatic heterocycles. The van der Waals surface area contributed by atoms with Gasteiger partial charge in [0.05, 0.1) is 25.0 Å². The summed E-state index contributed by atoms with van der Waals surface area (Å²) in [7, 11) is 1.85. The summed E-state index contributed by atoms with van der Waals surface area (Å²) in [6.45, 7) is 4.12. The van der Waals surface area contributed by atoms with Gasteiger partial charge in [-0.1, -0.05) is 43.0 Å².